The second-order valence-electron chi connectivity index (χ2n) is 5.14. The zero-order chi connectivity index (χ0) is 15.6. The number of aryl methyl sites for hydroxylation is 1. The van der Waals surface area contributed by atoms with Gasteiger partial charge in [-0.2, -0.15) is 8.70 Å². The fourth-order valence-corrected chi connectivity index (χ4v) is 4.22. The first kappa shape index (κ1) is 15.8. The standard InChI is InChI=1S/C13H17FN2O4S/c1-10-8-11(14)12(16(17)18)9-13(10)21(19,20)15-6-4-2-3-5-7-15/h8-9H,2-7H2,1H3. The van der Waals surface area contributed by atoms with E-state index in [1.807, 2.05) is 0 Å². The lowest BCUT2D eigenvalue weighted by Crippen LogP contribution is -2.32. The van der Waals surface area contributed by atoms with Gasteiger partial charge in [0.15, 0.2) is 0 Å². The maximum absolute atomic E-state index is 13.5. The van der Waals surface area contributed by atoms with Gasteiger partial charge in [-0.3, -0.25) is 10.1 Å². The number of nitrogens with zero attached hydrogens (tertiary/aromatic N) is 2. The molecule has 0 spiro atoms. The first-order valence-corrected chi connectivity index (χ1v) is 8.22. The molecule has 8 heteroatoms. The Morgan fingerprint density at radius 2 is 1.76 bits per heavy atom. The SMILES string of the molecule is Cc1cc(F)c([N+](=O)[O-])cc1S(=O)(=O)N1CCCCCC1. The molecule has 2 rings (SSSR count). The van der Waals surface area contributed by atoms with Crippen molar-refractivity contribution >= 4 is 15.7 Å². The molecule has 21 heavy (non-hydrogen) atoms. The fourth-order valence-electron chi connectivity index (χ4n) is 2.48. The number of hydrogen-bond donors (Lipinski definition) is 0. The highest BCUT2D eigenvalue weighted by Crippen LogP contribution is 2.28. The van der Waals surface area contributed by atoms with Gasteiger partial charge in [-0.15, -0.1) is 0 Å². The van der Waals surface area contributed by atoms with Gasteiger partial charge in [-0.25, -0.2) is 8.42 Å². The fraction of sp³-hybridized carbons (Fsp3) is 0.538. The summed E-state index contributed by atoms with van der Waals surface area (Å²) in [6.45, 7) is 2.23. The van der Waals surface area contributed by atoms with Gasteiger partial charge in [0.05, 0.1) is 9.82 Å². The first-order chi connectivity index (χ1) is 9.84. The summed E-state index contributed by atoms with van der Waals surface area (Å²) in [6, 6.07) is 1.73. The minimum Gasteiger partial charge on any atom is -0.258 e. The molecule has 0 aliphatic carbocycles. The van der Waals surface area contributed by atoms with Crippen LogP contribution >= 0.6 is 0 Å². The molecule has 1 aliphatic heterocycles. The molecular weight excluding hydrogens is 299 g/mol. The molecule has 0 radical (unpaired) electrons. The van der Waals surface area contributed by atoms with Crippen LogP contribution in [0.25, 0.3) is 0 Å². The number of benzene rings is 1. The van der Waals surface area contributed by atoms with E-state index >= 15 is 0 Å². The van der Waals surface area contributed by atoms with E-state index < -0.39 is 26.5 Å². The molecule has 1 saturated heterocycles. The topological polar surface area (TPSA) is 80.5 Å². The molecule has 1 aliphatic rings. The van der Waals surface area contributed by atoms with Crippen LogP contribution in [-0.2, 0) is 10.0 Å². The maximum Gasteiger partial charge on any atom is 0.306 e. The van der Waals surface area contributed by atoms with E-state index in [-0.39, 0.29) is 10.5 Å². The van der Waals surface area contributed by atoms with Crippen molar-refractivity contribution in [2.45, 2.75) is 37.5 Å². The minimum atomic E-state index is -3.83. The number of hydrogen-bond acceptors (Lipinski definition) is 4. The zero-order valence-corrected chi connectivity index (χ0v) is 12.5. The van der Waals surface area contributed by atoms with E-state index in [1.54, 1.807) is 0 Å². The van der Waals surface area contributed by atoms with Gasteiger partial charge in [0.1, 0.15) is 0 Å². The normalized spacial score (nSPS) is 17.4. The van der Waals surface area contributed by atoms with Crippen molar-refractivity contribution in [1.82, 2.24) is 4.31 Å². The first-order valence-electron chi connectivity index (χ1n) is 6.78. The molecule has 1 aromatic rings. The average molecular weight is 316 g/mol. The van der Waals surface area contributed by atoms with E-state index in [2.05, 4.69) is 0 Å². The highest BCUT2D eigenvalue weighted by atomic mass is 32.2. The molecule has 1 fully saturated rings. The van der Waals surface area contributed by atoms with Gasteiger partial charge >= 0.3 is 5.69 Å². The van der Waals surface area contributed by atoms with E-state index in [1.165, 1.54) is 11.2 Å². The Morgan fingerprint density at radius 1 is 1.19 bits per heavy atom. The van der Waals surface area contributed by atoms with E-state index in [4.69, 9.17) is 0 Å². The van der Waals surface area contributed by atoms with Crippen molar-refractivity contribution in [1.29, 1.82) is 0 Å². The summed E-state index contributed by atoms with van der Waals surface area (Å²) < 4.78 is 40.1. The van der Waals surface area contributed by atoms with Gasteiger partial charge < -0.3 is 0 Å². The Bertz CT molecular complexity index is 652. The summed E-state index contributed by atoms with van der Waals surface area (Å²) in [6.07, 6.45) is 3.46. The predicted molar refractivity (Wildman–Crippen MR) is 75.0 cm³/mol. The summed E-state index contributed by atoms with van der Waals surface area (Å²) in [5, 5.41) is 10.8. The van der Waals surface area contributed by atoms with Crippen LogP contribution in [0, 0.1) is 22.9 Å². The van der Waals surface area contributed by atoms with Crippen LogP contribution in [0.1, 0.15) is 31.2 Å². The van der Waals surface area contributed by atoms with Crippen LogP contribution in [-0.4, -0.2) is 30.7 Å². The lowest BCUT2D eigenvalue weighted by Gasteiger charge is -2.21. The quantitative estimate of drug-likeness (QED) is 0.634. The van der Waals surface area contributed by atoms with Crippen LogP contribution in [0.5, 0.6) is 0 Å². The summed E-state index contributed by atoms with van der Waals surface area (Å²) in [7, 11) is -3.83. The molecule has 0 bridgehead atoms. The van der Waals surface area contributed by atoms with E-state index in [0.717, 1.165) is 37.8 Å². The molecule has 0 unspecified atom stereocenters. The number of nitro benzene ring substituents is 1. The Balaban J connectivity index is 2.48. The van der Waals surface area contributed by atoms with Crippen LogP contribution < -0.4 is 0 Å². The minimum absolute atomic E-state index is 0.183. The number of nitro groups is 1. The van der Waals surface area contributed by atoms with Crippen LogP contribution in [0.4, 0.5) is 10.1 Å². The van der Waals surface area contributed by atoms with Gasteiger partial charge in [-0.1, -0.05) is 12.8 Å². The third kappa shape index (κ3) is 3.21. The van der Waals surface area contributed by atoms with Crippen molar-refractivity contribution < 1.29 is 17.7 Å². The smallest absolute Gasteiger partial charge is 0.258 e. The summed E-state index contributed by atoms with van der Waals surface area (Å²) in [5.41, 5.74) is -0.628. The lowest BCUT2D eigenvalue weighted by atomic mass is 10.2. The number of sulfonamides is 1. The van der Waals surface area contributed by atoms with Crippen molar-refractivity contribution in [3.63, 3.8) is 0 Å². The van der Waals surface area contributed by atoms with Gasteiger partial charge in [0, 0.05) is 19.2 Å². The number of halogens is 1. The van der Waals surface area contributed by atoms with Crippen molar-refractivity contribution in [3.05, 3.63) is 33.6 Å². The molecule has 1 heterocycles. The Labute approximate surface area is 122 Å². The monoisotopic (exact) mass is 316 g/mol. The second-order valence-corrected chi connectivity index (χ2v) is 7.05. The Kier molecular flexibility index (Phi) is 4.58. The summed E-state index contributed by atoms with van der Waals surface area (Å²) in [4.78, 5) is 9.71. The molecular formula is C13H17FN2O4S. The molecule has 0 amide bonds. The van der Waals surface area contributed by atoms with E-state index in [9.17, 15) is 22.9 Å². The van der Waals surface area contributed by atoms with Gasteiger partial charge in [0.2, 0.25) is 15.8 Å². The van der Waals surface area contributed by atoms with Crippen molar-refractivity contribution in [2.75, 3.05) is 13.1 Å². The largest absolute Gasteiger partial charge is 0.306 e. The number of rotatable bonds is 3. The summed E-state index contributed by atoms with van der Waals surface area (Å²) in [5.74, 6) is -1.02. The zero-order valence-electron chi connectivity index (χ0n) is 11.7. The molecule has 1 aromatic carbocycles. The second kappa shape index (κ2) is 6.07. The molecule has 0 aromatic heterocycles. The van der Waals surface area contributed by atoms with Crippen LogP contribution in [0.2, 0.25) is 0 Å². The predicted octanol–water partition coefficient (Wildman–Crippen LogP) is 2.61. The van der Waals surface area contributed by atoms with Gasteiger partial charge in [0.25, 0.3) is 0 Å². The van der Waals surface area contributed by atoms with Crippen molar-refractivity contribution in [2.24, 2.45) is 0 Å². The Hall–Kier alpha value is -1.54. The van der Waals surface area contributed by atoms with E-state index in [0.29, 0.717) is 13.1 Å². The summed E-state index contributed by atoms with van der Waals surface area (Å²) >= 11 is 0. The Morgan fingerprint density at radius 3 is 2.29 bits per heavy atom. The third-order valence-corrected chi connectivity index (χ3v) is 5.66. The maximum atomic E-state index is 13.5. The molecule has 116 valence electrons. The van der Waals surface area contributed by atoms with Crippen LogP contribution in [0.15, 0.2) is 17.0 Å². The average Bonchev–Trinajstić information content (AvgIpc) is 2.67. The van der Waals surface area contributed by atoms with Crippen molar-refractivity contribution in [3.8, 4) is 0 Å². The molecule has 0 saturated carbocycles. The van der Waals surface area contributed by atoms with Crippen LogP contribution in [0.3, 0.4) is 0 Å². The lowest BCUT2D eigenvalue weighted by molar-refractivity contribution is -0.387. The highest BCUT2D eigenvalue weighted by Gasteiger charge is 2.29. The molecule has 0 N–H and O–H groups in total. The van der Waals surface area contributed by atoms with Gasteiger partial charge in [-0.05, 0) is 31.4 Å². The third-order valence-electron chi connectivity index (χ3n) is 3.62. The molecule has 0 atom stereocenters. The molecule has 6 nitrogen and oxygen atoms in total. The highest BCUT2D eigenvalue weighted by molar-refractivity contribution is 7.89.